The maximum atomic E-state index is 12.0. The highest BCUT2D eigenvalue weighted by molar-refractivity contribution is 5.87. The molecule has 2 unspecified atom stereocenters. The van der Waals surface area contributed by atoms with Crippen molar-refractivity contribution in [3.63, 3.8) is 0 Å². The van der Waals surface area contributed by atoms with E-state index in [-0.39, 0.29) is 11.8 Å². The largest absolute Gasteiger partial charge is 0.479 e. The highest BCUT2D eigenvalue weighted by Gasteiger charge is 2.51. The van der Waals surface area contributed by atoms with E-state index >= 15 is 0 Å². The van der Waals surface area contributed by atoms with Gasteiger partial charge in [-0.1, -0.05) is 20.3 Å². The van der Waals surface area contributed by atoms with Crippen LogP contribution < -0.4 is 10.6 Å². The quantitative estimate of drug-likeness (QED) is 0.627. The zero-order valence-corrected chi connectivity index (χ0v) is 13.3. The number of carbonyl (C=O) groups excluding carboxylic acids is 1. The van der Waals surface area contributed by atoms with E-state index in [9.17, 15) is 14.7 Å². The Kier molecular flexibility index (Phi) is 6.95. The number of rotatable bonds is 7. The number of urea groups is 1. The predicted octanol–water partition coefficient (Wildman–Crippen LogP) is 1.99. The van der Waals surface area contributed by atoms with Crippen molar-refractivity contribution in [2.45, 2.75) is 51.5 Å². The molecule has 0 heterocycles. The molecule has 0 bridgehead atoms. The Morgan fingerprint density at radius 3 is 2.38 bits per heavy atom. The minimum Gasteiger partial charge on any atom is -0.479 e. The van der Waals surface area contributed by atoms with E-state index in [4.69, 9.17) is 4.74 Å². The van der Waals surface area contributed by atoms with Crippen molar-refractivity contribution in [1.29, 1.82) is 0 Å². The SMILES string of the molecule is COCCCCNC(=O)NC1(C(=O)O)C(C)CCCC1C. The summed E-state index contributed by atoms with van der Waals surface area (Å²) < 4.78 is 4.94. The van der Waals surface area contributed by atoms with Crippen LogP contribution in [0.5, 0.6) is 0 Å². The third kappa shape index (κ3) is 4.33. The fourth-order valence-corrected chi connectivity index (χ4v) is 3.20. The summed E-state index contributed by atoms with van der Waals surface area (Å²) in [5.41, 5.74) is -1.16. The molecule has 0 aromatic rings. The van der Waals surface area contributed by atoms with Gasteiger partial charge in [0, 0.05) is 20.3 Å². The molecule has 1 saturated carbocycles. The Morgan fingerprint density at radius 2 is 1.86 bits per heavy atom. The van der Waals surface area contributed by atoms with E-state index in [1.165, 1.54) is 0 Å². The number of methoxy groups -OCH3 is 1. The molecule has 2 amide bonds. The molecule has 0 radical (unpaired) electrons. The second kappa shape index (κ2) is 8.22. The second-order valence-electron chi connectivity index (χ2n) is 5.99. The van der Waals surface area contributed by atoms with Crippen LogP contribution in [0, 0.1) is 11.8 Å². The minimum atomic E-state index is -1.16. The molecule has 122 valence electrons. The molecule has 6 nitrogen and oxygen atoms in total. The first-order chi connectivity index (χ1) is 9.95. The Bertz CT molecular complexity index is 350. The fraction of sp³-hybridized carbons (Fsp3) is 0.867. The van der Waals surface area contributed by atoms with Crippen LogP contribution >= 0.6 is 0 Å². The van der Waals surface area contributed by atoms with Gasteiger partial charge < -0.3 is 20.5 Å². The molecule has 0 spiro atoms. The highest BCUT2D eigenvalue weighted by Crippen LogP contribution is 2.38. The molecular formula is C15H28N2O4. The van der Waals surface area contributed by atoms with Gasteiger partial charge in [0.25, 0.3) is 0 Å². The average Bonchev–Trinajstić information content (AvgIpc) is 2.42. The number of amides is 2. The van der Waals surface area contributed by atoms with Crippen LogP contribution in [0.2, 0.25) is 0 Å². The third-order valence-electron chi connectivity index (χ3n) is 4.56. The smallest absolute Gasteiger partial charge is 0.330 e. The van der Waals surface area contributed by atoms with Gasteiger partial charge in [0.15, 0.2) is 0 Å². The van der Waals surface area contributed by atoms with Crippen LogP contribution in [0.1, 0.15) is 46.0 Å². The number of hydrogen-bond acceptors (Lipinski definition) is 3. The summed E-state index contributed by atoms with van der Waals surface area (Å²) in [6, 6.07) is -0.393. The van der Waals surface area contributed by atoms with E-state index < -0.39 is 17.5 Å². The van der Waals surface area contributed by atoms with Crippen LogP contribution in [0.25, 0.3) is 0 Å². The number of ether oxygens (including phenoxy) is 1. The Balaban J connectivity index is 2.57. The molecule has 0 aromatic heterocycles. The van der Waals surface area contributed by atoms with Gasteiger partial charge in [-0.15, -0.1) is 0 Å². The standard InChI is InChI=1S/C15H28N2O4/c1-11-7-6-8-12(2)15(11,13(18)19)17-14(20)16-9-4-5-10-21-3/h11-12H,4-10H2,1-3H3,(H,18,19)(H2,16,17,20). The maximum absolute atomic E-state index is 12.0. The first kappa shape index (κ1) is 17.8. The van der Waals surface area contributed by atoms with E-state index in [1.54, 1.807) is 7.11 Å². The second-order valence-corrected chi connectivity index (χ2v) is 5.99. The van der Waals surface area contributed by atoms with E-state index in [0.29, 0.717) is 13.2 Å². The summed E-state index contributed by atoms with van der Waals surface area (Å²) >= 11 is 0. The molecule has 1 aliphatic carbocycles. The summed E-state index contributed by atoms with van der Waals surface area (Å²) in [5, 5.41) is 15.1. The molecule has 3 N–H and O–H groups in total. The molecule has 1 aliphatic rings. The van der Waals surface area contributed by atoms with Crippen molar-refractivity contribution < 1.29 is 19.4 Å². The van der Waals surface area contributed by atoms with Crippen LogP contribution in [-0.4, -0.2) is 42.9 Å². The Labute approximate surface area is 126 Å². The van der Waals surface area contributed by atoms with Gasteiger partial charge >= 0.3 is 12.0 Å². The summed E-state index contributed by atoms with van der Waals surface area (Å²) in [7, 11) is 1.64. The molecule has 2 atom stereocenters. The first-order valence-corrected chi connectivity index (χ1v) is 7.73. The molecule has 6 heteroatoms. The van der Waals surface area contributed by atoms with Crippen LogP contribution in [-0.2, 0) is 9.53 Å². The first-order valence-electron chi connectivity index (χ1n) is 7.73. The van der Waals surface area contributed by atoms with Gasteiger partial charge in [-0.3, -0.25) is 0 Å². The predicted molar refractivity (Wildman–Crippen MR) is 80.2 cm³/mol. The number of nitrogens with one attached hydrogen (secondary N) is 2. The van der Waals surface area contributed by atoms with Gasteiger partial charge in [-0.2, -0.15) is 0 Å². The summed E-state index contributed by atoms with van der Waals surface area (Å²) in [6.07, 6.45) is 4.34. The van der Waals surface area contributed by atoms with Crippen molar-refractivity contribution in [2.75, 3.05) is 20.3 Å². The zero-order valence-electron chi connectivity index (χ0n) is 13.3. The van der Waals surface area contributed by atoms with Gasteiger partial charge in [0.2, 0.25) is 0 Å². The normalized spacial score (nSPS) is 28.9. The lowest BCUT2D eigenvalue weighted by Gasteiger charge is -2.44. The molecule has 1 rings (SSSR count). The van der Waals surface area contributed by atoms with Gasteiger partial charge in [0.05, 0.1) is 0 Å². The molecular weight excluding hydrogens is 272 g/mol. The number of carbonyl (C=O) groups is 2. The van der Waals surface area contributed by atoms with Crippen molar-refractivity contribution in [2.24, 2.45) is 11.8 Å². The van der Waals surface area contributed by atoms with Crippen LogP contribution in [0.3, 0.4) is 0 Å². The number of carboxylic acids is 1. The van der Waals surface area contributed by atoms with Gasteiger partial charge in [-0.05, 0) is 37.5 Å². The summed E-state index contributed by atoms with van der Waals surface area (Å²) in [5.74, 6) is -1.08. The average molecular weight is 300 g/mol. The van der Waals surface area contributed by atoms with Crippen LogP contribution in [0.15, 0.2) is 0 Å². The monoisotopic (exact) mass is 300 g/mol. The van der Waals surface area contributed by atoms with E-state index in [2.05, 4.69) is 10.6 Å². The van der Waals surface area contributed by atoms with Gasteiger partial charge in [0.1, 0.15) is 5.54 Å². The van der Waals surface area contributed by atoms with Crippen molar-refractivity contribution in [3.8, 4) is 0 Å². The number of aliphatic carboxylic acids is 1. The van der Waals surface area contributed by atoms with Crippen LogP contribution in [0.4, 0.5) is 4.79 Å². The lowest BCUT2D eigenvalue weighted by Crippen LogP contribution is -2.65. The molecule has 0 aromatic carbocycles. The van der Waals surface area contributed by atoms with Crippen molar-refractivity contribution in [3.05, 3.63) is 0 Å². The number of carboxylic acid groups (broad SMARTS) is 1. The van der Waals surface area contributed by atoms with E-state index in [1.807, 2.05) is 13.8 Å². The molecule has 0 saturated heterocycles. The molecule has 0 aliphatic heterocycles. The Morgan fingerprint density at radius 1 is 1.24 bits per heavy atom. The van der Waals surface area contributed by atoms with Crippen molar-refractivity contribution >= 4 is 12.0 Å². The topological polar surface area (TPSA) is 87.7 Å². The minimum absolute atomic E-state index is 0.0713. The molecule has 1 fully saturated rings. The number of unbranched alkanes of at least 4 members (excludes halogenated alkanes) is 1. The lowest BCUT2D eigenvalue weighted by molar-refractivity contribution is -0.151. The summed E-state index contributed by atoms with van der Waals surface area (Å²) in [6.45, 7) is 5.00. The van der Waals surface area contributed by atoms with E-state index in [0.717, 1.165) is 32.1 Å². The van der Waals surface area contributed by atoms with Crippen molar-refractivity contribution in [1.82, 2.24) is 10.6 Å². The zero-order chi connectivity index (χ0) is 15.9. The lowest BCUT2D eigenvalue weighted by atomic mass is 9.67. The van der Waals surface area contributed by atoms with Gasteiger partial charge in [-0.25, -0.2) is 9.59 Å². The fourth-order valence-electron chi connectivity index (χ4n) is 3.20. The molecule has 21 heavy (non-hydrogen) atoms. The third-order valence-corrected chi connectivity index (χ3v) is 4.56. The highest BCUT2D eigenvalue weighted by atomic mass is 16.5. The number of hydrogen-bond donors (Lipinski definition) is 3. The Hall–Kier alpha value is -1.30. The maximum Gasteiger partial charge on any atom is 0.330 e. The summed E-state index contributed by atoms with van der Waals surface area (Å²) in [4.78, 5) is 23.8.